The average Bonchev–Trinajstić information content (AvgIpc) is 2.46. The Hall–Kier alpha value is -1.25. The normalized spacial score (nSPS) is 10.5. The second kappa shape index (κ2) is 7.51. The highest BCUT2D eigenvalue weighted by molar-refractivity contribution is 7.99. The minimum Gasteiger partial charge on any atom is -0.295 e. The minimum atomic E-state index is 0.120. The number of ketones is 1. The first-order valence-electron chi connectivity index (χ1n) is 6.63. The fourth-order valence-electron chi connectivity index (χ4n) is 1.90. The number of hydrogen-bond acceptors (Lipinski definition) is 2. The maximum atomic E-state index is 11.2. The highest BCUT2D eigenvalue weighted by atomic mass is 35.5. The van der Waals surface area contributed by atoms with E-state index in [1.54, 1.807) is 6.92 Å². The number of aryl methyl sites for hydroxylation is 1. The van der Waals surface area contributed by atoms with Crippen LogP contribution in [0.25, 0.3) is 0 Å². The molecule has 0 unspecified atom stereocenters. The highest BCUT2D eigenvalue weighted by Crippen LogP contribution is 2.21. The fourth-order valence-corrected chi connectivity index (χ4v) is 2.88. The van der Waals surface area contributed by atoms with E-state index in [0.29, 0.717) is 0 Å². The number of carbonyl (C=O) groups excluding carboxylic acids is 1. The van der Waals surface area contributed by atoms with Crippen LogP contribution >= 0.6 is 23.4 Å². The zero-order valence-corrected chi connectivity index (χ0v) is 13.0. The van der Waals surface area contributed by atoms with Crippen molar-refractivity contribution in [1.29, 1.82) is 0 Å². The molecule has 0 atom stereocenters. The lowest BCUT2D eigenvalue weighted by molar-refractivity contribution is 0.101. The summed E-state index contributed by atoms with van der Waals surface area (Å²) >= 11 is 7.70. The van der Waals surface area contributed by atoms with E-state index in [2.05, 4.69) is 12.1 Å². The second-order valence-corrected chi connectivity index (χ2v) is 6.26. The van der Waals surface area contributed by atoms with Gasteiger partial charge in [-0.1, -0.05) is 35.9 Å². The molecule has 2 aromatic rings. The van der Waals surface area contributed by atoms with Crippen LogP contribution in [0, 0.1) is 0 Å². The topological polar surface area (TPSA) is 17.1 Å². The van der Waals surface area contributed by atoms with Crippen LogP contribution < -0.4 is 0 Å². The van der Waals surface area contributed by atoms with Gasteiger partial charge in [-0.2, -0.15) is 0 Å². The van der Waals surface area contributed by atoms with Gasteiger partial charge in [0.05, 0.1) is 0 Å². The summed E-state index contributed by atoms with van der Waals surface area (Å²) in [6.07, 6.45) is 2.16. The average molecular weight is 305 g/mol. The largest absolute Gasteiger partial charge is 0.295 e. The molecule has 0 N–H and O–H groups in total. The van der Waals surface area contributed by atoms with Gasteiger partial charge in [0.2, 0.25) is 0 Å². The Bertz CT molecular complexity index is 561. The zero-order chi connectivity index (χ0) is 14.4. The Balaban J connectivity index is 1.75. The number of benzene rings is 2. The van der Waals surface area contributed by atoms with Gasteiger partial charge >= 0.3 is 0 Å². The van der Waals surface area contributed by atoms with E-state index in [1.165, 1.54) is 10.5 Å². The lowest BCUT2D eigenvalue weighted by Gasteiger charge is -2.03. The van der Waals surface area contributed by atoms with Crippen LogP contribution in [-0.2, 0) is 6.42 Å². The molecule has 1 nitrogen and oxygen atoms in total. The lowest BCUT2D eigenvalue weighted by Crippen LogP contribution is -1.93. The van der Waals surface area contributed by atoms with Crippen molar-refractivity contribution in [2.75, 3.05) is 5.75 Å². The van der Waals surface area contributed by atoms with Crippen LogP contribution in [0.3, 0.4) is 0 Å². The summed E-state index contributed by atoms with van der Waals surface area (Å²) < 4.78 is 0. The molecule has 0 fully saturated rings. The van der Waals surface area contributed by atoms with Crippen molar-refractivity contribution >= 4 is 29.1 Å². The molecule has 0 heterocycles. The molecule has 2 aromatic carbocycles. The molecule has 0 aliphatic heterocycles. The Labute approximate surface area is 129 Å². The number of Topliss-reactive ketones (excluding diaryl/α,β-unsaturated/α-hetero) is 1. The molecule has 0 aromatic heterocycles. The molecule has 0 amide bonds. The van der Waals surface area contributed by atoms with Crippen LogP contribution in [0.2, 0.25) is 5.02 Å². The molecule has 2 rings (SSSR count). The molecule has 0 aliphatic carbocycles. The van der Waals surface area contributed by atoms with E-state index in [4.69, 9.17) is 11.6 Å². The summed E-state index contributed by atoms with van der Waals surface area (Å²) in [4.78, 5) is 12.4. The maximum Gasteiger partial charge on any atom is 0.159 e. The van der Waals surface area contributed by atoms with Gasteiger partial charge in [-0.05, 0) is 55.3 Å². The third-order valence-corrected chi connectivity index (χ3v) is 4.40. The monoisotopic (exact) mass is 304 g/mol. The van der Waals surface area contributed by atoms with Crippen molar-refractivity contribution in [3.05, 3.63) is 64.7 Å². The molecule has 104 valence electrons. The van der Waals surface area contributed by atoms with Crippen LogP contribution in [0.1, 0.15) is 29.3 Å². The van der Waals surface area contributed by atoms with Gasteiger partial charge in [-0.25, -0.2) is 0 Å². The van der Waals surface area contributed by atoms with Crippen LogP contribution in [0.4, 0.5) is 0 Å². The van der Waals surface area contributed by atoms with Gasteiger partial charge in [0.1, 0.15) is 0 Å². The summed E-state index contributed by atoms with van der Waals surface area (Å²) in [5.74, 6) is 1.20. The molecule has 0 radical (unpaired) electrons. The summed E-state index contributed by atoms with van der Waals surface area (Å²) in [5, 5.41) is 0.778. The molecular formula is C17H17ClOS. The maximum absolute atomic E-state index is 11.2. The number of carbonyl (C=O) groups is 1. The Morgan fingerprint density at radius 3 is 2.30 bits per heavy atom. The first-order chi connectivity index (χ1) is 9.65. The molecule has 0 spiro atoms. The van der Waals surface area contributed by atoms with E-state index < -0.39 is 0 Å². The van der Waals surface area contributed by atoms with E-state index in [-0.39, 0.29) is 5.78 Å². The number of rotatable bonds is 6. The summed E-state index contributed by atoms with van der Waals surface area (Å²) in [6.45, 7) is 1.60. The number of hydrogen-bond donors (Lipinski definition) is 0. The summed E-state index contributed by atoms with van der Waals surface area (Å²) in [5.41, 5.74) is 2.07. The van der Waals surface area contributed by atoms with Gasteiger partial charge in [-0.15, -0.1) is 11.8 Å². The molecule has 0 saturated carbocycles. The van der Waals surface area contributed by atoms with Crippen molar-refractivity contribution in [2.24, 2.45) is 0 Å². The number of halogens is 1. The summed E-state index contributed by atoms with van der Waals surface area (Å²) in [7, 11) is 0. The van der Waals surface area contributed by atoms with Crippen molar-refractivity contribution in [3.63, 3.8) is 0 Å². The highest BCUT2D eigenvalue weighted by Gasteiger charge is 2.00. The Morgan fingerprint density at radius 2 is 1.70 bits per heavy atom. The Morgan fingerprint density at radius 1 is 1.05 bits per heavy atom. The van der Waals surface area contributed by atoms with E-state index in [1.807, 2.05) is 48.2 Å². The molecule has 0 aliphatic rings. The SMILES string of the molecule is CC(=O)c1ccc(CCCSc2ccc(Cl)cc2)cc1. The zero-order valence-electron chi connectivity index (χ0n) is 11.4. The minimum absolute atomic E-state index is 0.120. The van der Waals surface area contributed by atoms with Crippen molar-refractivity contribution < 1.29 is 4.79 Å². The van der Waals surface area contributed by atoms with Gasteiger partial charge < -0.3 is 0 Å². The van der Waals surface area contributed by atoms with Crippen molar-refractivity contribution in [2.45, 2.75) is 24.7 Å². The first-order valence-corrected chi connectivity index (χ1v) is 8.00. The standard InChI is InChI=1S/C17H17ClOS/c1-13(19)15-6-4-14(5-7-15)3-2-12-20-17-10-8-16(18)9-11-17/h4-11H,2-3,12H2,1H3. The number of thioether (sulfide) groups is 1. The van der Waals surface area contributed by atoms with E-state index >= 15 is 0 Å². The van der Waals surface area contributed by atoms with Crippen LogP contribution in [0.15, 0.2) is 53.4 Å². The van der Waals surface area contributed by atoms with Crippen LogP contribution in [-0.4, -0.2) is 11.5 Å². The van der Waals surface area contributed by atoms with Crippen LogP contribution in [0.5, 0.6) is 0 Å². The van der Waals surface area contributed by atoms with E-state index in [9.17, 15) is 4.79 Å². The second-order valence-electron chi connectivity index (χ2n) is 4.66. The molecular weight excluding hydrogens is 288 g/mol. The van der Waals surface area contributed by atoms with Crippen molar-refractivity contribution in [1.82, 2.24) is 0 Å². The predicted octanol–water partition coefficient (Wildman–Crippen LogP) is 5.27. The third-order valence-electron chi connectivity index (χ3n) is 3.05. The first kappa shape index (κ1) is 15.1. The molecule has 0 bridgehead atoms. The molecule has 20 heavy (non-hydrogen) atoms. The van der Waals surface area contributed by atoms with Gasteiger partial charge in [0.25, 0.3) is 0 Å². The smallest absolute Gasteiger partial charge is 0.159 e. The van der Waals surface area contributed by atoms with E-state index in [0.717, 1.165) is 29.2 Å². The van der Waals surface area contributed by atoms with Gasteiger partial charge in [0.15, 0.2) is 5.78 Å². The third kappa shape index (κ3) is 4.69. The summed E-state index contributed by atoms with van der Waals surface area (Å²) in [6, 6.07) is 15.8. The lowest BCUT2D eigenvalue weighted by atomic mass is 10.1. The molecule has 3 heteroatoms. The predicted molar refractivity (Wildman–Crippen MR) is 86.9 cm³/mol. The van der Waals surface area contributed by atoms with Crippen molar-refractivity contribution in [3.8, 4) is 0 Å². The van der Waals surface area contributed by atoms with Gasteiger partial charge in [-0.3, -0.25) is 4.79 Å². The quantitative estimate of drug-likeness (QED) is 0.411. The van der Waals surface area contributed by atoms with Gasteiger partial charge in [0, 0.05) is 15.5 Å². The molecule has 0 saturated heterocycles. The Kier molecular flexibility index (Phi) is 5.69. The fraction of sp³-hybridized carbons (Fsp3) is 0.235.